The van der Waals surface area contributed by atoms with E-state index < -0.39 is 11.5 Å². The smallest absolute Gasteiger partial charge is 0.250 e. The van der Waals surface area contributed by atoms with Gasteiger partial charge in [0, 0.05) is 34.6 Å². The number of rotatable bonds is 2. The Balaban J connectivity index is 1.59. The molecule has 0 aliphatic carbocycles. The van der Waals surface area contributed by atoms with Gasteiger partial charge in [0.15, 0.2) is 0 Å². The highest BCUT2D eigenvalue weighted by molar-refractivity contribution is 7.99. The van der Waals surface area contributed by atoms with Crippen LogP contribution in [0.1, 0.15) is 17.5 Å². The van der Waals surface area contributed by atoms with Crippen LogP contribution in [0.2, 0.25) is 0 Å². The Morgan fingerprint density at radius 3 is 2.85 bits per heavy atom. The van der Waals surface area contributed by atoms with Crippen LogP contribution >= 0.6 is 11.8 Å². The van der Waals surface area contributed by atoms with E-state index in [9.17, 15) is 9.59 Å². The van der Waals surface area contributed by atoms with Crippen molar-refractivity contribution < 1.29 is 9.59 Å². The molecule has 27 heavy (non-hydrogen) atoms. The van der Waals surface area contributed by atoms with Crippen LogP contribution in [0.25, 0.3) is 0 Å². The van der Waals surface area contributed by atoms with Gasteiger partial charge in [-0.25, -0.2) is 0 Å². The van der Waals surface area contributed by atoms with Crippen LogP contribution in [0.15, 0.2) is 48.5 Å². The molecule has 5 rings (SSSR count). The number of hydrogen-bond acceptors (Lipinski definition) is 4. The fourth-order valence-corrected chi connectivity index (χ4v) is 6.14. The van der Waals surface area contributed by atoms with Crippen LogP contribution in [0.3, 0.4) is 0 Å². The second kappa shape index (κ2) is 6.11. The molecule has 6 heteroatoms. The Hall–Kier alpha value is -2.31. The number of para-hydroxylation sites is 2. The number of hydrogen-bond donors (Lipinski definition) is 2. The minimum absolute atomic E-state index is 0.0707. The Bertz CT molecular complexity index is 947. The molecule has 2 aromatic rings. The number of nitrogens with one attached hydrogen (secondary N) is 2. The summed E-state index contributed by atoms with van der Waals surface area (Å²) in [4.78, 5) is 28.9. The van der Waals surface area contributed by atoms with Crippen molar-refractivity contribution in [3.63, 3.8) is 0 Å². The number of amides is 2. The lowest BCUT2D eigenvalue weighted by molar-refractivity contribution is -0.134. The van der Waals surface area contributed by atoms with Gasteiger partial charge in [-0.3, -0.25) is 14.5 Å². The quantitative estimate of drug-likeness (QED) is 0.841. The van der Waals surface area contributed by atoms with Crippen molar-refractivity contribution in [3.05, 3.63) is 59.7 Å². The van der Waals surface area contributed by atoms with Gasteiger partial charge in [0.1, 0.15) is 5.54 Å². The molecule has 5 nitrogen and oxygen atoms in total. The number of aryl methyl sites for hydroxylation is 1. The molecule has 2 saturated heterocycles. The van der Waals surface area contributed by atoms with Crippen LogP contribution < -0.4 is 10.6 Å². The van der Waals surface area contributed by atoms with Crippen molar-refractivity contribution >= 4 is 35.0 Å². The molecular weight excluding hydrogens is 358 g/mol. The van der Waals surface area contributed by atoms with E-state index in [2.05, 4.69) is 15.5 Å². The molecule has 3 heterocycles. The molecule has 2 fully saturated rings. The van der Waals surface area contributed by atoms with Gasteiger partial charge in [-0.05, 0) is 31.0 Å². The molecule has 0 radical (unpaired) electrons. The molecule has 2 N–H and O–H groups in total. The molecular formula is C21H21N3O2S. The van der Waals surface area contributed by atoms with E-state index in [1.165, 1.54) is 0 Å². The first kappa shape index (κ1) is 16.8. The fourth-order valence-electron chi connectivity index (χ4n) is 4.84. The zero-order valence-corrected chi connectivity index (χ0v) is 15.9. The minimum Gasteiger partial charge on any atom is -0.326 e. The summed E-state index contributed by atoms with van der Waals surface area (Å²) in [5.41, 5.74) is 2.69. The summed E-state index contributed by atoms with van der Waals surface area (Å²) in [5.74, 6) is 1.19. The zero-order valence-electron chi connectivity index (χ0n) is 15.1. The first-order valence-corrected chi connectivity index (χ1v) is 10.4. The Morgan fingerprint density at radius 2 is 2.00 bits per heavy atom. The molecule has 3 aliphatic heterocycles. The van der Waals surface area contributed by atoms with Gasteiger partial charge in [-0.2, -0.15) is 0 Å². The summed E-state index contributed by atoms with van der Waals surface area (Å²) in [6, 6.07) is 15.8. The summed E-state index contributed by atoms with van der Waals surface area (Å²) < 4.78 is 0. The number of thioether (sulfide) groups is 1. The van der Waals surface area contributed by atoms with Gasteiger partial charge in [-0.15, -0.1) is 11.8 Å². The maximum Gasteiger partial charge on any atom is 0.250 e. The lowest BCUT2D eigenvalue weighted by Gasteiger charge is -2.36. The largest absolute Gasteiger partial charge is 0.326 e. The van der Waals surface area contributed by atoms with E-state index in [1.54, 1.807) is 0 Å². The van der Waals surface area contributed by atoms with Gasteiger partial charge >= 0.3 is 0 Å². The predicted octanol–water partition coefficient (Wildman–Crippen LogP) is 3.18. The predicted molar refractivity (Wildman–Crippen MR) is 108 cm³/mol. The fraction of sp³-hybridized carbons (Fsp3) is 0.333. The van der Waals surface area contributed by atoms with Crippen molar-refractivity contribution in [1.82, 2.24) is 4.90 Å². The van der Waals surface area contributed by atoms with E-state index >= 15 is 0 Å². The molecule has 2 aromatic carbocycles. The topological polar surface area (TPSA) is 61.4 Å². The van der Waals surface area contributed by atoms with E-state index in [4.69, 9.17) is 0 Å². The molecule has 138 valence electrons. The summed E-state index contributed by atoms with van der Waals surface area (Å²) in [5, 5.41) is 6.12. The van der Waals surface area contributed by atoms with Crippen LogP contribution in [0.4, 0.5) is 11.4 Å². The van der Waals surface area contributed by atoms with Crippen molar-refractivity contribution in [1.29, 1.82) is 0 Å². The first-order chi connectivity index (χ1) is 13.1. The molecule has 2 amide bonds. The Labute approximate surface area is 162 Å². The third-order valence-corrected chi connectivity index (χ3v) is 7.18. The molecule has 1 spiro atoms. The van der Waals surface area contributed by atoms with E-state index in [0.29, 0.717) is 6.42 Å². The number of fused-ring (bicyclic) bond motifs is 4. The minimum atomic E-state index is -0.905. The van der Waals surface area contributed by atoms with Crippen LogP contribution in [0.5, 0.6) is 0 Å². The van der Waals surface area contributed by atoms with Crippen molar-refractivity contribution in [2.75, 3.05) is 22.3 Å². The molecule has 0 saturated carbocycles. The summed E-state index contributed by atoms with van der Waals surface area (Å²) in [6.45, 7) is 1.98. The number of carbonyl (C=O) groups excluding carboxylic acids is 2. The highest BCUT2D eigenvalue weighted by atomic mass is 32.2. The average Bonchev–Trinajstić information content (AvgIpc) is 3.32. The standard InChI is InChI=1S/C21H21N3O2S/c1-13-6-2-4-8-17(13)22-19(25)16-10-14-11-27-12-24(14)21(16)15-7-3-5-9-18(15)23-20(21)26/h2-9,14,16H,10-12H2,1H3,(H,22,25)(H,23,26). The van der Waals surface area contributed by atoms with Gasteiger partial charge < -0.3 is 10.6 Å². The molecule has 3 atom stereocenters. The number of nitrogens with zero attached hydrogens (tertiary/aromatic N) is 1. The summed E-state index contributed by atoms with van der Waals surface area (Å²) in [7, 11) is 0. The third-order valence-electron chi connectivity index (χ3n) is 6.10. The zero-order chi connectivity index (χ0) is 18.6. The maximum absolute atomic E-state index is 13.4. The highest BCUT2D eigenvalue weighted by Crippen LogP contribution is 2.55. The number of carbonyl (C=O) groups is 2. The SMILES string of the molecule is Cc1ccccc1NC(=O)C1CC2CSCN2C12C(=O)Nc1ccccc12. The Morgan fingerprint density at radius 1 is 1.22 bits per heavy atom. The van der Waals surface area contributed by atoms with Crippen LogP contribution in [-0.4, -0.2) is 34.4 Å². The van der Waals surface area contributed by atoms with Gasteiger partial charge in [0.2, 0.25) is 11.8 Å². The molecule has 0 aromatic heterocycles. The second-order valence-electron chi connectivity index (χ2n) is 7.48. The lowest BCUT2D eigenvalue weighted by atomic mass is 9.79. The molecule has 3 unspecified atom stereocenters. The summed E-state index contributed by atoms with van der Waals surface area (Å²) in [6.07, 6.45) is 0.701. The monoisotopic (exact) mass is 379 g/mol. The Kier molecular flexibility index (Phi) is 3.81. The first-order valence-electron chi connectivity index (χ1n) is 9.24. The van der Waals surface area contributed by atoms with Gasteiger partial charge in [0.25, 0.3) is 0 Å². The van der Waals surface area contributed by atoms with E-state index in [-0.39, 0.29) is 17.9 Å². The van der Waals surface area contributed by atoms with Crippen molar-refractivity contribution in [2.24, 2.45) is 5.92 Å². The van der Waals surface area contributed by atoms with E-state index in [1.807, 2.05) is 67.2 Å². The number of benzene rings is 2. The van der Waals surface area contributed by atoms with Crippen LogP contribution in [-0.2, 0) is 15.1 Å². The summed E-state index contributed by atoms with van der Waals surface area (Å²) >= 11 is 1.84. The van der Waals surface area contributed by atoms with E-state index in [0.717, 1.165) is 34.1 Å². The normalized spacial score (nSPS) is 28.9. The third kappa shape index (κ3) is 2.29. The van der Waals surface area contributed by atoms with Gasteiger partial charge in [-0.1, -0.05) is 36.4 Å². The highest BCUT2D eigenvalue weighted by Gasteiger charge is 2.65. The van der Waals surface area contributed by atoms with Gasteiger partial charge in [0.05, 0.1) is 5.92 Å². The average molecular weight is 379 g/mol. The molecule has 0 bridgehead atoms. The maximum atomic E-state index is 13.4. The van der Waals surface area contributed by atoms with Crippen molar-refractivity contribution in [2.45, 2.75) is 24.9 Å². The second-order valence-corrected chi connectivity index (χ2v) is 8.48. The van der Waals surface area contributed by atoms with Crippen LogP contribution in [0, 0.1) is 12.8 Å². The number of anilines is 2. The van der Waals surface area contributed by atoms with Crippen molar-refractivity contribution in [3.8, 4) is 0 Å². The lowest BCUT2D eigenvalue weighted by Crippen LogP contribution is -2.53. The molecule has 3 aliphatic rings.